The van der Waals surface area contributed by atoms with Gasteiger partial charge in [-0.15, -0.1) is 0 Å². The molecule has 0 bridgehead atoms. The molecular weight excluding hydrogens is 170 g/mol. The smallest absolute Gasteiger partial charge is 0.304 e. The Morgan fingerprint density at radius 1 is 1.62 bits per heavy atom. The predicted molar refractivity (Wildman–Crippen MR) is 50.8 cm³/mol. The summed E-state index contributed by atoms with van der Waals surface area (Å²) >= 11 is 0. The summed E-state index contributed by atoms with van der Waals surface area (Å²) in [7, 11) is 1.91. The van der Waals surface area contributed by atoms with Gasteiger partial charge in [-0.05, 0) is 20.9 Å². The summed E-state index contributed by atoms with van der Waals surface area (Å²) in [5.41, 5.74) is 0. The highest BCUT2D eigenvalue weighted by Gasteiger charge is 2.09. The molecule has 4 heteroatoms. The van der Waals surface area contributed by atoms with E-state index in [1.54, 1.807) is 0 Å². The van der Waals surface area contributed by atoms with E-state index < -0.39 is 5.97 Å². The lowest BCUT2D eigenvalue weighted by Crippen LogP contribution is -2.34. The second-order valence-electron chi connectivity index (χ2n) is 3.13. The molecule has 4 nitrogen and oxygen atoms in total. The summed E-state index contributed by atoms with van der Waals surface area (Å²) in [6.45, 7) is 5.91. The molecule has 0 saturated heterocycles. The molecule has 0 aliphatic carbocycles. The maximum Gasteiger partial charge on any atom is 0.304 e. The van der Waals surface area contributed by atoms with Crippen LogP contribution in [0.15, 0.2) is 0 Å². The zero-order valence-electron chi connectivity index (χ0n) is 8.62. The Morgan fingerprint density at radius 2 is 2.23 bits per heavy atom. The Hall–Kier alpha value is -0.610. The number of nitrogens with zero attached hydrogens (tertiary/aromatic N) is 1. The van der Waals surface area contributed by atoms with E-state index in [-0.39, 0.29) is 12.5 Å². The SMILES string of the molecule is CCOCC(C)N(C)CCC(=O)O. The van der Waals surface area contributed by atoms with Crippen LogP contribution in [0.3, 0.4) is 0 Å². The van der Waals surface area contributed by atoms with Crippen LogP contribution in [0, 0.1) is 0 Å². The zero-order chi connectivity index (χ0) is 10.3. The maximum absolute atomic E-state index is 10.3. The minimum Gasteiger partial charge on any atom is -0.481 e. The van der Waals surface area contributed by atoms with Crippen LogP contribution in [0.1, 0.15) is 20.3 Å². The fourth-order valence-corrected chi connectivity index (χ4v) is 0.908. The van der Waals surface area contributed by atoms with Gasteiger partial charge >= 0.3 is 5.97 Å². The molecule has 0 radical (unpaired) electrons. The summed E-state index contributed by atoms with van der Waals surface area (Å²) in [5, 5.41) is 8.46. The summed E-state index contributed by atoms with van der Waals surface area (Å²) < 4.78 is 5.23. The number of rotatable bonds is 7. The zero-order valence-corrected chi connectivity index (χ0v) is 8.62. The molecule has 0 aliphatic rings. The molecule has 0 amide bonds. The Kier molecular flexibility index (Phi) is 6.54. The molecule has 0 saturated carbocycles. The quantitative estimate of drug-likeness (QED) is 0.644. The van der Waals surface area contributed by atoms with E-state index in [1.165, 1.54) is 0 Å². The third kappa shape index (κ3) is 6.54. The number of carboxylic acid groups (broad SMARTS) is 1. The van der Waals surface area contributed by atoms with Gasteiger partial charge in [0, 0.05) is 19.2 Å². The van der Waals surface area contributed by atoms with Crippen molar-refractivity contribution in [3.05, 3.63) is 0 Å². The molecule has 0 heterocycles. The first-order valence-electron chi connectivity index (χ1n) is 4.57. The van der Waals surface area contributed by atoms with Gasteiger partial charge in [-0.2, -0.15) is 0 Å². The van der Waals surface area contributed by atoms with Crippen molar-refractivity contribution in [1.82, 2.24) is 4.90 Å². The van der Waals surface area contributed by atoms with Gasteiger partial charge in [0.15, 0.2) is 0 Å². The Balaban J connectivity index is 3.56. The summed E-state index contributed by atoms with van der Waals surface area (Å²) in [5.74, 6) is -0.754. The van der Waals surface area contributed by atoms with Crippen LogP contribution in [-0.2, 0) is 9.53 Å². The fraction of sp³-hybridized carbons (Fsp3) is 0.889. The topological polar surface area (TPSA) is 49.8 Å². The van der Waals surface area contributed by atoms with Crippen molar-refractivity contribution in [2.24, 2.45) is 0 Å². The average molecular weight is 189 g/mol. The number of carboxylic acids is 1. The average Bonchev–Trinajstić information content (AvgIpc) is 2.10. The number of hydrogen-bond donors (Lipinski definition) is 1. The lowest BCUT2D eigenvalue weighted by molar-refractivity contribution is -0.137. The van der Waals surface area contributed by atoms with E-state index in [0.29, 0.717) is 19.8 Å². The van der Waals surface area contributed by atoms with Gasteiger partial charge in [0.1, 0.15) is 0 Å². The van der Waals surface area contributed by atoms with Crippen LogP contribution in [0.25, 0.3) is 0 Å². The summed E-state index contributed by atoms with van der Waals surface area (Å²) in [4.78, 5) is 12.3. The molecule has 0 aliphatic heterocycles. The van der Waals surface area contributed by atoms with E-state index >= 15 is 0 Å². The highest BCUT2D eigenvalue weighted by atomic mass is 16.5. The van der Waals surface area contributed by atoms with Gasteiger partial charge in [-0.1, -0.05) is 0 Å². The van der Waals surface area contributed by atoms with Gasteiger partial charge in [0.25, 0.3) is 0 Å². The van der Waals surface area contributed by atoms with Crippen molar-refractivity contribution in [2.75, 3.05) is 26.8 Å². The van der Waals surface area contributed by atoms with Crippen molar-refractivity contribution in [2.45, 2.75) is 26.3 Å². The summed E-state index contributed by atoms with van der Waals surface area (Å²) in [6, 6.07) is 0.277. The normalized spacial score (nSPS) is 13.2. The molecule has 1 unspecified atom stereocenters. The number of likely N-dealkylation sites (N-methyl/N-ethyl adjacent to an activating group) is 1. The monoisotopic (exact) mass is 189 g/mol. The van der Waals surface area contributed by atoms with Gasteiger partial charge in [-0.25, -0.2) is 0 Å². The third-order valence-corrected chi connectivity index (χ3v) is 1.99. The first kappa shape index (κ1) is 12.4. The highest BCUT2D eigenvalue weighted by molar-refractivity contribution is 5.66. The first-order chi connectivity index (χ1) is 6.07. The Labute approximate surface area is 79.5 Å². The Morgan fingerprint density at radius 3 is 2.69 bits per heavy atom. The van der Waals surface area contributed by atoms with E-state index in [9.17, 15) is 4.79 Å². The van der Waals surface area contributed by atoms with E-state index in [2.05, 4.69) is 0 Å². The number of hydrogen-bond acceptors (Lipinski definition) is 3. The van der Waals surface area contributed by atoms with E-state index in [4.69, 9.17) is 9.84 Å². The van der Waals surface area contributed by atoms with Gasteiger partial charge < -0.3 is 14.7 Å². The second-order valence-corrected chi connectivity index (χ2v) is 3.13. The van der Waals surface area contributed by atoms with E-state index in [0.717, 1.165) is 0 Å². The van der Waals surface area contributed by atoms with Gasteiger partial charge in [0.05, 0.1) is 13.0 Å². The molecule has 78 valence electrons. The molecule has 0 aromatic carbocycles. The lowest BCUT2D eigenvalue weighted by atomic mass is 10.3. The third-order valence-electron chi connectivity index (χ3n) is 1.99. The number of carbonyl (C=O) groups is 1. The fourth-order valence-electron chi connectivity index (χ4n) is 0.908. The van der Waals surface area contributed by atoms with Crippen molar-refractivity contribution < 1.29 is 14.6 Å². The standard InChI is InChI=1S/C9H19NO3/c1-4-13-7-8(2)10(3)6-5-9(11)12/h8H,4-7H2,1-3H3,(H,11,12). The van der Waals surface area contributed by atoms with Crippen molar-refractivity contribution in [1.29, 1.82) is 0 Å². The van der Waals surface area contributed by atoms with Crippen LogP contribution in [0.2, 0.25) is 0 Å². The molecule has 0 rings (SSSR count). The minimum atomic E-state index is -0.754. The molecule has 13 heavy (non-hydrogen) atoms. The van der Waals surface area contributed by atoms with Gasteiger partial charge in [-0.3, -0.25) is 4.79 Å². The van der Waals surface area contributed by atoms with Crippen LogP contribution < -0.4 is 0 Å². The molecular formula is C9H19NO3. The highest BCUT2D eigenvalue weighted by Crippen LogP contribution is 1.97. The van der Waals surface area contributed by atoms with Gasteiger partial charge in [0.2, 0.25) is 0 Å². The molecule has 0 aromatic heterocycles. The summed E-state index contributed by atoms with van der Waals surface area (Å²) in [6.07, 6.45) is 0.187. The molecule has 0 spiro atoms. The van der Waals surface area contributed by atoms with Crippen LogP contribution >= 0.6 is 0 Å². The van der Waals surface area contributed by atoms with Crippen molar-refractivity contribution in [3.8, 4) is 0 Å². The second kappa shape index (κ2) is 6.86. The molecule has 0 fully saturated rings. The number of ether oxygens (including phenoxy) is 1. The molecule has 1 atom stereocenters. The first-order valence-corrected chi connectivity index (χ1v) is 4.57. The Bertz CT molecular complexity index is 150. The van der Waals surface area contributed by atoms with Crippen LogP contribution in [0.5, 0.6) is 0 Å². The lowest BCUT2D eigenvalue weighted by Gasteiger charge is -2.23. The van der Waals surface area contributed by atoms with Crippen LogP contribution in [0.4, 0.5) is 0 Å². The maximum atomic E-state index is 10.3. The number of aliphatic carboxylic acids is 1. The van der Waals surface area contributed by atoms with E-state index in [1.807, 2.05) is 25.8 Å². The predicted octanol–water partition coefficient (Wildman–Crippen LogP) is 0.818. The van der Waals surface area contributed by atoms with Crippen LogP contribution in [-0.4, -0.2) is 48.8 Å². The molecule has 0 aromatic rings. The molecule has 1 N–H and O–H groups in total. The van der Waals surface area contributed by atoms with Crippen molar-refractivity contribution >= 4 is 5.97 Å². The largest absolute Gasteiger partial charge is 0.481 e. The van der Waals surface area contributed by atoms with Crippen molar-refractivity contribution in [3.63, 3.8) is 0 Å². The minimum absolute atomic E-state index is 0.187.